The van der Waals surface area contributed by atoms with Crippen molar-refractivity contribution in [3.63, 3.8) is 0 Å². The number of carbonyl (C=O) groups is 1. The minimum atomic E-state index is -0.113. The Labute approximate surface area is 144 Å². The average Bonchev–Trinajstić information content (AvgIpc) is 2.86. The Morgan fingerprint density at radius 1 is 1.35 bits per heavy atom. The van der Waals surface area contributed by atoms with Crippen molar-refractivity contribution in [1.29, 1.82) is 0 Å². The maximum atomic E-state index is 11.7. The highest BCUT2D eigenvalue weighted by Crippen LogP contribution is 2.36. The van der Waals surface area contributed by atoms with Gasteiger partial charge >= 0.3 is 0 Å². The summed E-state index contributed by atoms with van der Waals surface area (Å²) in [5.41, 5.74) is 0.720. The first-order chi connectivity index (χ1) is 10.9. The summed E-state index contributed by atoms with van der Waals surface area (Å²) in [6, 6.07) is 3.65. The van der Waals surface area contributed by atoms with Gasteiger partial charge in [0, 0.05) is 12.5 Å². The molecule has 1 amide bonds. The van der Waals surface area contributed by atoms with Gasteiger partial charge in [0.05, 0.1) is 18.9 Å². The van der Waals surface area contributed by atoms with Crippen LogP contribution in [-0.4, -0.2) is 30.2 Å². The Kier molecular flexibility index (Phi) is 5.73. The van der Waals surface area contributed by atoms with Crippen molar-refractivity contribution in [3.8, 4) is 11.5 Å². The van der Waals surface area contributed by atoms with E-state index in [0.29, 0.717) is 23.1 Å². The van der Waals surface area contributed by atoms with Gasteiger partial charge in [0.25, 0.3) is 0 Å². The molecular formula is C15H19N3O3S2. The van der Waals surface area contributed by atoms with E-state index in [1.165, 1.54) is 11.3 Å². The van der Waals surface area contributed by atoms with Crippen LogP contribution in [0.1, 0.15) is 20.3 Å². The Balaban J connectivity index is 2.14. The van der Waals surface area contributed by atoms with Crippen LogP contribution in [0, 0.1) is 5.92 Å². The normalized spacial score (nSPS) is 10.7. The lowest BCUT2D eigenvalue weighted by Gasteiger charge is -2.08. The molecule has 0 bridgehead atoms. The third-order valence-electron chi connectivity index (χ3n) is 2.96. The maximum absolute atomic E-state index is 11.7. The lowest BCUT2D eigenvalue weighted by Crippen LogP contribution is -2.34. The molecule has 0 aliphatic carbocycles. The van der Waals surface area contributed by atoms with Gasteiger partial charge in [0.15, 0.2) is 10.2 Å². The van der Waals surface area contributed by atoms with Gasteiger partial charge in [-0.15, -0.1) is 0 Å². The summed E-state index contributed by atoms with van der Waals surface area (Å²) in [6.45, 7) is 3.95. The number of benzene rings is 1. The standard InChI is InChI=1S/C15H19N3O3S2/c1-8(2)5-12(19)16-14(22)18-15-17-13-10(21-4)6-9(20-3)7-11(13)23-15/h6-8H,5H2,1-4H3,(H2,16,17,18,19,22). The molecule has 2 N–H and O–H groups in total. The second-order valence-corrected chi connectivity index (χ2v) is 6.73. The van der Waals surface area contributed by atoms with Gasteiger partial charge in [0.1, 0.15) is 17.0 Å². The van der Waals surface area contributed by atoms with E-state index in [1.54, 1.807) is 20.3 Å². The first-order valence-electron chi connectivity index (χ1n) is 7.06. The SMILES string of the molecule is COc1cc(OC)c2nc(NC(=S)NC(=O)CC(C)C)sc2c1. The quantitative estimate of drug-likeness (QED) is 0.805. The molecule has 2 aromatic rings. The van der Waals surface area contributed by atoms with E-state index in [2.05, 4.69) is 15.6 Å². The number of anilines is 1. The summed E-state index contributed by atoms with van der Waals surface area (Å²) in [4.78, 5) is 16.2. The number of ether oxygens (including phenoxy) is 2. The molecule has 1 aromatic heterocycles. The van der Waals surface area contributed by atoms with Crippen molar-refractivity contribution in [2.24, 2.45) is 5.92 Å². The molecule has 0 radical (unpaired) electrons. The largest absolute Gasteiger partial charge is 0.497 e. The number of nitrogens with one attached hydrogen (secondary N) is 2. The molecule has 0 unspecified atom stereocenters. The van der Waals surface area contributed by atoms with E-state index in [0.717, 1.165) is 10.2 Å². The maximum Gasteiger partial charge on any atom is 0.226 e. The van der Waals surface area contributed by atoms with Crippen LogP contribution in [-0.2, 0) is 4.79 Å². The average molecular weight is 353 g/mol. The first kappa shape index (κ1) is 17.4. The second kappa shape index (κ2) is 7.56. The van der Waals surface area contributed by atoms with Crippen LogP contribution in [0.3, 0.4) is 0 Å². The number of nitrogens with zero attached hydrogens (tertiary/aromatic N) is 1. The van der Waals surface area contributed by atoms with E-state index < -0.39 is 0 Å². The molecular weight excluding hydrogens is 334 g/mol. The summed E-state index contributed by atoms with van der Waals surface area (Å²) < 4.78 is 11.5. The van der Waals surface area contributed by atoms with Crippen molar-refractivity contribution in [1.82, 2.24) is 10.3 Å². The van der Waals surface area contributed by atoms with Gasteiger partial charge in [-0.2, -0.15) is 0 Å². The minimum Gasteiger partial charge on any atom is -0.497 e. The number of rotatable bonds is 5. The molecule has 8 heteroatoms. The fourth-order valence-corrected chi connectivity index (χ4v) is 3.17. The molecule has 6 nitrogen and oxygen atoms in total. The highest BCUT2D eigenvalue weighted by molar-refractivity contribution is 7.80. The molecule has 0 aliphatic rings. The van der Waals surface area contributed by atoms with E-state index in [-0.39, 0.29) is 16.9 Å². The zero-order valence-electron chi connectivity index (χ0n) is 13.4. The number of carbonyl (C=O) groups excluding carboxylic acids is 1. The molecule has 0 atom stereocenters. The molecule has 124 valence electrons. The highest BCUT2D eigenvalue weighted by Gasteiger charge is 2.13. The zero-order valence-corrected chi connectivity index (χ0v) is 15.1. The number of methoxy groups -OCH3 is 2. The molecule has 2 rings (SSSR count). The molecule has 23 heavy (non-hydrogen) atoms. The zero-order chi connectivity index (χ0) is 17.0. The Morgan fingerprint density at radius 2 is 2.09 bits per heavy atom. The van der Waals surface area contributed by atoms with Crippen molar-refractivity contribution in [2.45, 2.75) is 20.3 Å². The number of thiocarbonyl (C=S) groups is 1. The van der Waals surface area contributed by atoms with Gasteiger partial charge in [0.2, 0.25) is 5.91 Å². The molecule has 0 aliphatic heterocycles. The molecule has 0 spiro atoms. The molecule has 1 aromatic carbocycles. The van der Waals surface area contributed by atoms with Crippen LogP contribution in [0.5, 0.6) is 11.5 Å². The predicted octanol–water partition coefficient (Wildman–Crippen LogP) is 3.17. The Hall–Kier alpha value is -1.93. The monoisotopic (exact) mass is 353 g/mol. The Morgan fingerprint density at radius 3 is 2.70 bits per heavy atom. The van der Waals surface area contributed by atoms with Crippen LogP contribution in [0.4, 0.5) is 5.13 Å². The van der Waals surface area contributed by atoms with Gasteiger partial charge in [-0.25, -0.2) is 4.98 Å². The van der Waals surface area contributed by atoms with E-state index in [1.807, 2.05) is 19.9 Å². The molecule has 0 saturated heterocycles. The highest BCUT2D eigenvalue weighted by atomic mass is 32.1. The Bertz CT molecular complexity index is 728. The smallest absolute Gasteiger partial charge is 0.226 e. The molecule has 1 heterocycles. The lowest BCUT2D eigenvalue weighted by molar-refractivity contribution is -0.120. The predicted molar refractivity (Wildman–Crippen MR) is 96.5 cm³/mol. The van der Waals surface area contributed by atoms with Gasteiger partial charge in [-0.3, -0.25) is 4.79 Å². The number of fused-ring (bicyclic) bond motifs is 1. The van der Waals surface area contributed by atoms with Gasteiger partial charge in [-0.05, 0) is 24.2 Å². The fraction of sp³-hybridized carbons (Fsp3) is 0.400. The van der Waals surface area contributed by atoms with Crippen LogP contribution < -0.4 is 20.1 Å². The van der Waals surface area contributed by atoms with Crippen molar-refractivity contribution < 1.29 is 14.3 Å². The first-order valence-corrected chi connectivity index (χ1v) is 8.28. The number of hydrogen-bond donors (Lipinski definition) is 2. The number of thiazole rings is 1. The van der Waals surface area contributed by atoms with Crippen molar-refractivity contribution >= 4 is 49.9 Å². The fourth-order valence-electron chi connectivity index (χ4n) is 1.98. The second-order valence-electron chi connectivity index (χ2n) is 5.30. The molecule has 0 saturated carbocycles. The summed E-state index contributed by atoms with van der Waals surface area (Å²) in [6.07, 6.45) is 0.423. The summed E-state index contributed by atoms with van der Waals surface area (Å²) in [5, 5.41) is 6.40. The third-order valence-corrected chi connectivity index (χ3v) is 4.08. The van der Waals surface area contributed by atoms with Crippen LogP contribution in [0.2, 0.25) is 0 Å². The lowest BCUT2D eigenvalue weighted by atomic mass is 10.1. The van der Waals surface area contributed by atoms with Crippen LogP contribution in [0.25, 0.3) is 10.2 Å². The summed E-state index contributed by atoms with van der Waals surface area (Å²) >= 11 is 6.55. The van der Waals surface area contributed by atoms with Crippen molar-refractivity contribution in [2.75, 3.05) is 19.5 Å². The molecule has 0 fully saturated rings. The number of amides is 1. The van der Waals surface area contributed by atoms with Crippen LogP contribution >= 0.6 is 23.6 Å². The van der Waals surface area contributed by atoms with E-state index in [4.69, 9.17) is 21.7 Å². The van der Waals surface area contributed by atoms with Crippen molar-refractivity contribution in [3.05, 3.63) is 12.1 Å². The summed E-state index contributed by atoms with van der Waals surface area (Å²) in [7, 11) is 3.18. The van der Waals surface area contributed by atoms with E-state index >= 15 is 0 Å². The third kappa shape index (κ3) is 4.52. The number of hydrogen-bond acceptors (Lipinski definition) is 6. The summed E-state index contributed by atoms with van der Waals surface area (Å²) in [5.74, 6) is 1.48. The van der Waals surface area contributed by atoms with Gasteiger partial charge < -0.3 is 20.1 Å². The topological polar surface area (TPSA) is 72.5 Å². The van der Waals surface area contributed by atoms with Crippen LogP contribution in [0.15, 0.2) is 12.1 Å². The van der Waals surface area contributed by atoms with Gasteiger partial charge in [-0.1, -0.05) is 25.2 Å². The number of aromatic nitrogens is 1. The minimum absolute atomic E-state index is 0.113. The van der Waals surface area contributed by atoms with E-state index in [9.17, 15) is 4.79 Å².